The lowest BCUT2D eigenvalue weighted by Crippen LogP contribution is -2.38. The topological polar surface area (TPSA) is 91.8 Å². The number of rotatable bonds is 8. The molecule has 3 aromatic rings. The van der Waals surface area contributed by atoms with Gasteiger partial charge in [-0.2, -0.15) is 0 Å². The summed E-state index contributed by atoms with van der Waals surface area (Å²) in [5.74, 6) is 1.97. The van der Waals surface area contributed by atoms with Gasteiger partial charge in [0, 0.05) is 12.1 Å². The molecule has 29 heavy (non-hydrogen) atoms. The highest BCUT2D eigenvalue weighted by Crippen LogP contribution is 2.35. The molecule has 0 radical (unpaired) electrons. The summed E-state index contributed by atoms with van der Waals surface area (Å²) in [4.78, 5) is 13.2. The molecule has 1 aromatic carbocycles. The van der Waals surface area contributed by atoms with Crippen molar-refractivity contribution in [3.8, 4) is 33.7 Å². The molecule has 0 bridgehead atoms. The fraction of sp³-hybridized carbons (Fsp3) is 0.250. The maximum absolute atomic E-state index is 12.2. The van der Waals surface area contributed by atoms with E-state index in [1.807, 2.05) is 23.6 Å². The Morgan fingerprint density at radius 2 is 2.10 bits per heavy atom. The molecular formula is C20H19N3O5S. The highest BCUT2D eigenvalue weighted by Gasteiger charge is 2.18. The highest BCUT2D eigenvalue weighted by atomic mass is 32.1. The largest absolute Gasteiger partial charge is 0.481 e. The summed E-state index contributed by atoms with van der Waals surface area (Å²) in [6, 6.07) is 12.8. The van der Waals surface area contributed by atoms with Gasteiger partial charge in [-0.25, -0.2) is 0 Å². The van der Waals surface area contributed by atoms with Crippen LogP contribution in [-0.2, 0) is 4.79 Å². The molecule has 150 valence electrons. The first-order chi connectivity index (χ1) is 14.2. The van der Waals surface area contributed by atoms with Gasteiger partial charge in [0.2, 0.25) is 12.7 Å². The van der Waals surface area contributed by atoms with Gasteiger partial charge in [0.1, 0.15) is 18.1 Å². The zero-order valence-electron chi connectivity index (χ0n) is 15.7. The van der Waals surface area contributed by atoms with Crippen LogP contribution in [0.15, 0.2) is 47.8 Å². The average molecular weight is 413 g/mol. The van der Waals surface area contributed by atoms with Crippen LogP contribution in [0.1, 0.15) is 6.92 Å². The number of fused-ring (bicyclic) bond motifs is 1. The summed E-state index contributed by atoms with van der Waals surface area (Å²) >= 11 is 1.60. The summed E-state index contributed by atoms with van der Waals surface area (Å²) in [6.07, 6.45) is -0.666. The number of hydrogen-bond acceptors (Lipinski definition) is 8. The predicted molar refractivity (Wildman–Crippen MR) is 107 cm³/mol. The molecule has 1 atom stereocenters. The third-order valence-corrected chi connectivity index (χ3v) is 4.98. The Morgan fingerprint density at radius 3 is 2.90 bits per heavy atom. The van der Waals surface area contributed by atoms with E-state index in [2.05, 4.69) is 15.5 Å². The van der Waals surface area contributed by atoms with Crippen LogP contribution in [0.2, 0.25) is 0 Å². The van der Waals surface area contributed by atoms with Gasteiger partial charge in [0.05, 0.1) is 11.4 Å². The van der Waals surface area contributed by atoms with Gasteiger partial charge in [-0.05, 0) is 36.6 Å². The van der Waals surface area contributed by atoms with Crippen molar-refractivity contribution in [2.75, 3.05) is 19.9 Å². The molecule has 0 saturated heterocycles. The molecule has 0 fully saturated rings. The minimum Gasteiger partial charge on any atom is -0.481 e. The molecule has 1 N–H and O–H groups in total. The van der Waals surface area contributed by atoms with Crippen LogP contribution in [0.5, 0.6) is 23.1 Å². The molecule has 9 heteroatoms. The van der Waals surface area contributed by atoms with E-state index in [9.17, 15) is 4.79 Å². The van der Waals surface area contributed by atoms with Gasteiger partial charge in [-0.1, -0.05) is 6.07 Å². The van der Waals surface area contributed by atoms with Gasteiger partial charge >= 0.3 is 0 Å². The van der Waals surface area contributed by atoms with Crippen molar-refractivity contribution in [1.82, 2.24) is 15.5 Å². The number of thiophene rings is 1. The molecule has 1 amide bonds. The lowest BCUT2D eigenvalue weighted by atomic mass is 10.3. The Morgan fingerprint density at radius 1 is 1.21 bits per heavy atom. The molecule has 0 saturated carbocycles. The van der Waals surface area contributed by atoms with Crippen LogP contribution in [-0.4, -0.2) is 42.2 Å². The normalized spacial score (nSPS) is 13.0. The monoisotopic (exact) mass is 413 g/mol. The van der Waals surface area contributed by atoms with Gasteiger partial charge in [0.15, 0.2) is 17.6 Å². The zero-order chi connectivity index (χ0) is 20.1. The van der Waals surface area contributed by atoms with Crippen LogP contribution in [0.25, 0.3) is 10.6 Å². The van der Waals surface area contributed by atoms with Crippen molar-refractivity contribution in [1.29, 1.82) is 0 Å². The van der Waals surface area contributed by atoms with E-state index in [0.717, 1.165) is 10.6 Å². The van der Waals surface area contributed by atoms with Crippen LogP contribution in [0, 0.1) is 0 Å². The molecule has 0 spiro atoms. The fourth-order valence-electron chi connectivity index (χ4n) is 2.63. The standard InChI is InChI=1S/C20H19N3O5S/c1-13(28-14-4-6-16-17(11-14)27-12-26-16)20(24)21-8-9-25-19-7-5-15(22-23-19)18-3-2-10-29-18/h2-7,10-11,13H,8-9,12H2,1H3,(H,21,24). The Balaban J connectivity index is 1.19. The van der Waals surface area contributed by atoms with Crippen LogP contribution >= 0.6 is 11.3 Å². The number of aromatic nitrogens is 2. The number of carbonyl (C=O) groups is 1. The SMILES string of the molecule is CC(Oc1ccc2c(c1)OCO2)C(=O)NCCOc1ccc(-c2cccs2)nn1. The summed E-state index contributed by atoms with van der Waals surface area (Å²) in [6.45, 7) is 2.46. The van der Waals surface area contributed by atoms with Crippen LogP contribution in [0.3, 0.4) is 0 Å². The van der Waals surface area contributed by atoms with E-state index >= 15 is 0 Å². The number of amides is 1. The minimum absolute atomic E-state index is 0.190. The first-order valence-corrected chi connectivity index (χ1v) is 9.91. The average Bonchev–Trinajstić information content (AvgIpc) is 3.43. The number of benzene rings is 1. The molecule has 4 rings (SSSR count). The molecule has 8 nitrogen and oxygen atoms in total. The molecule has 0 aliphatic carbocycles. The first kappa shape index (κ1) is 19.0. The summed E-state index contributed by atoms with van der Waals surface area (Å²) in [7, 11) is 0. The number of nitrogens with one attached hydrogen (secondary N) is 1. The number of carbonyl (C=O) groups excluding carboxylic acids is 1. The first-order valence-electron chi connectivity index (χ1n) is 9.03. The van der Waals surface area contributed by atoms with Gasteiger partial charge < -0.3 is 24.3 Å². The van der Waals surface area contributed by atoms with E-state index in [0.29, 0.717) is 29.7 Å². The van der Waals surface area contributed by atoms with Crippen molar-refractivity contribution in [2.45, 2.75) is 13.0 Å². The molecule has 1 aliphatic rings. The number of nitrogens with zero attached hydrogens (tertiary/aromatic N) is 2. The van der Waals surface area contributed by atoms with E-state index in [1.165, 1.54) is 0 Å². The number of hydrogen-bond donors (Lipinski definition) is 1. The lowest BCUT2D eigenvalue weighted by molar-refractivity contribution is -0.127. The molecule has 1 aliphatic heterocycles. The third kappa shape index (κ3) is 4.75. The van der Waals surface area contributed by atoms with Crippen LogP contribution in [0.4, 0.5) is 0 Å². The van der Waals surface area contributed by atoms with E-state index in [1.54, 1.807) is 42.5 Å². The lowest BCUT2D eigenvalue weighted by Gasteiger charge is -2.15. The van der Waals surface area contributed by atoms with E-state index in [-0.39, 0.29) is 19.3 Å². The maximum atomic E-state index is 12.2. The van der Waals surface area contributed by atoms with E-state index < -0.39 is 6.10 Å². The third-order valence-electron chi connectivity index (χ3n) is 4.09. The fourth-order valence-corrected chi connectivity index (χ4v) is 3.32. The van der Waals surface area contributed by atoms with Crippen molar-refractivity contribution in [2.24, 2.45) is 0 Å². The summed E-state index contributed by atoms with van der Waals surface area (Å²) in [5.41, 5.74) is 0.801. The Kier molecular flexibility index (Phi) is 5.76. The van der Waals surface area contributed by atoms with Gasteiger partial charge in [-0.3, -0.25) is 4.79 Å². The molecule has 2 aromatic heterocycles. The molecular weight excluding hydrogens is 394 g/mol. The van der Waals surface area contributed by atoms with Crippen molar-refractivity contribution in [3.05, 3.63) is 47.8 Å². The minimum atomic E-state index is -0.666. The van der Waals surface area contributed by atoms with Crippen molar-refractivity contribution < 1.29 is 23.7 Å². The summed E-state index contributed by atoms with van der Waals surface area (Å²) < 4.78 is 21.7. The van der Waals surface area contributed by atoms with Crippen molar-refractivity contribution >= 4 is 17.2 Å². The Labute approximate surface area is 171 Å². The summed E-state index contributed by atoms with van der Waals surface area (Å²) in [5, 5.41) is 12.9. The van der Waals surface area contributed by atoms with Crippen molar-refractivity contribution in [3.63, 3.8) is 0 Å². The second-order valence-electron chi connectivity index (χ2n) is 6.15. The Hall–Kier alpha value is -3.33. The second-order valence-corrected chi connectivity index (χ2v) is 7.10. The maximum Gasteiger partial charge on any atom is 0.260 e. The van der Waals surface area contributed by atoms with E-state index in [4.69, 9.17) is 18.9 Å². The molecule has 1 unspecified atom stereocenters. The Bertz CT molecular complexity index is 963. The quantitative estimate of drug-likeness (QED) is 0.568. The smallest absolute Gasteiger partial charge is 0.260 e. The second kappa shape index (κ2) is 8.78. The zero-order valence-corrected chi connectivity index (χ0v) is 16.5. The van der Waals surface area contributed by atoms with Gasteiger partial charge in [0.25, 0.3) is 5.91 Å². The van der Waals surface area contributed by atoms with Gasteiger partial charge in [-0.15, -0.1) is 21.5 Å². The van der Waals surface area contributed by atoms with Crippen LogP contribution < -0.4 is 24.3 Å². The molecule has 3 heterocycles. The predicted octanol–water partition coefficient (Wildman–Crippen LogP) is 2.90. The number of ether oxygens (including phenoxy) is 4. The highest BCUT2D eigenvalue weighted by molar-refractivity contribution is 7.13.